The van der Waals surface area contributed by atoms with Crippen LogP contribution in [0.15, 0.2) is 66.7 Å². The molecule has 1 saturated heterocycles. The van der Waals surface area contributed by atoms with E-state index in [4.69, 9.17) is 0 Å². The van der Waals surface area contributed by atoms with Crippen LogP contribution in [0.3, 0.4) is 0 Å². The van der Waals surface area contributed by atoms with E-state index >= 15 is 0 Å². The molecule has 3 aromatic rings. The number of benzene rings is 3. The lowest BCUT2D eigenvalue weighted by Crippen LogP contribution is -2.21. The number of nitrogens with zero attached hydrogens (tertiary/aromatic N) is 1. The molecule has 128 valence electrons. The van der Waals surface area contributed by atoms with Gasteiger partial charge in [-0.25, -0.2) is 0 Å². The summed E-state index contributed by atoms with van der Waals surface area (Å²) in [6, 6.07) is 24.1. The molecule has 0 saturated carbocycles. The summed E-state index contributed by atoms with van der Waals surface area (Å²) < 4.78 is 0. The Hall–Kier alpha value is -2.16. The van der Waals surface area contributed by atoms with E-state index in [0.29, 0.717) is 0 Å². The minimum Gasteiger partial charge on any atom is -0.309 e. The third kappa shape index (κ3) is 3.92. The van der Waals surface area contributed by atoms with Crippen LogP contribution in [0, 0.1) is 0 Å². The van der Waals surface area contributed by atoms with Crippen LogP contribution in [0.25, 0.3) is 10.8 Å². The van der Waals surface area contributed by atoms with Gasteiger partial charge < -0.3 is 5.32 Å². The van der Waals surface area contributed by atoms with Crippen LogP contribution in [0.2, 0.25) is 0 Å². The van der Waals surface area contributed by atoms with Gasteiger partial charge in [-0.1, -0.05) is 66.7 Å². The predicted molar refractivity (Wildman–Crippen MR) is 105 cm³/mol. The second kappa shape index (κ2) is 7.81. The molecule has 0 unspecified atom stereocenters. The normalized spacial score (nSPS) is 15.0. The van der Waals surface area contributed by atoms with Crippen molar-refractivity contribution >= 4 is 10.8 Å². The average molecular weight is 330 g/mol. The largest absolute Gasteiger partial charge is 0.309 e. The summed E-state index contributed by atoms with van der Waals surface area (Å²) in [7, 11) is 0. The van der Waals surface area contributed by atoms with Gasteiger partial charge in [0.05, 0.1) is 0 Å². The summed E-state index contributed by atoms with van der Waals surface area (Å²) in [5.41, 5.74) is 4.26. The van der Waals surface area contributed by atoms with E-state index < -0.39 is 0 Å². The van der Waals surface area contributed by atoms with Gasteiger partial charge in [0.25, 0.3) is 0 Å². The maximum Gasteiger partial charge on any atom is 0.0236 e. The predicted octanol–water partition coefficient (Wildman–Crippen LogP) is 4.73. The van der Waals surface area contributed by atoms with Gasteiger partial charge >= 0.3 is 0 Å². The zero-order valence-electron chi connectivity index (χ0n) is 14.7. The Bertz CT molecular complexity index is 829. The molecule has 0 aromatic heterocycles. The summed E-state index contributed by atoms with van der Waals surface area (Å²) in [6.07, 6.45) is 2.70. The molecule has 1 N–H and O–H groups in total. The maximum absolute atomic E-state index is 3.66. The second-order valence-electron chi connectivity index (χ2n) is 6.99. The van der Waals surface area contributed by atoms with Crippen molar-refractivity contribution in [3.63, 3.8) is 0 Å². The number of likely N-dealkylation sites (tertiary alicyclic amines) is 1. The summed E-state index contributed by atoms with van der Waals surface area (Å²) in [4.78, 5) is 2.57. The molecule has 0 aliphatic carbocycles. The van der Waals surface area contributed by atoms with Gasteiger partial charge in [0, 0.05) is 19.6 Å². The summed E-state index contributed by atoms with van der Waals surface area (Å²) >= 11 is 0. The van der Waals surface area contributed by atoms with Crippen LogP contribution < -0.4 is 5.32 Å². The third-order valence-corrected chi connectivity index (χ3v) is 5.22. The number of rotatable bonds is 6. The fourth-order valence-corrected chi connectivity index (χ4v) is 3.84. The monoisotopic (exact) mass is 330 g/mol. The SMILES string of the molecule is c1ccc(CN2CCCC2)c(CNCc2cccc3ccccc23)c1. The molecule has 0 amide bonds. The Kier molecular flexibility index (Phi) is 5.10. The first kappa shape index (κ1) is 16.3. The molecule has 0 radical (unpaired) electrons. The van der Waals surface area contributed by atoms with E-state index in [1.807, 2.05) is 0 Å². The van der Waals surface area contributed by atoms with Crippen LogP contribution in [-0.2, 0) is 19.6 Å². The lowest BCUT2D eigenvalue weighted by Gasteiger charge is -2.18. The number of nitrogens with one attached hydrogen (secondary N) is 1. The minimum atomic E-state index is 0.902. The van der Waals surface area contributed by atoms with E-state index in [1.54, 1.807) is 0 Å². The van der Waals surface area contributed by atoms with Crippen molar-refractivity contribution in [3.05, 3.63) is 83.4 Å². The van der Waals surface area contributed by atoms with Crippen LogP contribution in [0.5, 0.6) is 0 Å². The molecule has 3 aromatic carbocycles. The van der Waals surface area contributed by atoms with Crippen molar-refractivity contribution in [2.24, 2.45) is 0 Å². The molecule has 1 aliphatic heterocycles. The Balaban J connectivity index is 1.43. The minimum absolute atomic E-state index is 0.902. The topological polar surface area (TPSA) is 15.3 Å². The Labute approximate surface area is 150 Å². The highest BCUT2D eigenvalue weighted by molar-refractivity contribution is 5.85. The molecule has 2 heteroatoms. The molecule has 2 nitrogen and oxygen atoms in total. The van der Waals surface area contributed by atoms with Gasteiger partial charge in [0.2, 0.25) is 0 Å². The van der Waals surface area contributed by atoms with Crippen molar-refractivity contribution < 1.29 is 0 Å². The zero-order valence-corrected chi connectivity index (χ0v) is 14.7. The first-order valence-corrected chi connectivity index (χ1v) is 9.37. The highest BCUT2D eigenvalue weighted by atomic mass is 15.1. The standard InChI is InChI=1S/C23H26N2/c1-2-10-22(18-25-14-5-6-15-25)20(9-1)16-24-17-21-12-7-11-19-8-3-4-13-23(19)21/h1-4,7-13,24H,5-6,14-18H2. The molecular formula is C23H26N2. The summed E-state index contributed by atoms with van der Waals surface area (Å²) in [5, 5.41) is 6.32. The van der Waals surface area contributed by atoms with Crippen molar-refractivity contribution in [1.82, 2.24) is 10.2 Å². The molecule has 4 rings (SSSR count). The molecule has 0 spiro atoms. The Morgan fingerprint density at radius 2 is 1.32 bits per heavy atom. The van der Waals surface area contributed by atoms with Gasteiger partial charge in [-0.05, 0) is 53.4 Å². The molecule has 1 aliphatic rings. The lowest BCUT2D eigenvalue weighted by atomic mass is 10.0. The van der Waals surface area contributed by atoms with Gasteiger partial charge in [0.1, 0.15) is 0 Å². The van der Waals surface area contributed by atoms with E-state index in [-0.39, 0.29) is 0 Å². The van der Waals surface area contributed by atoms with Crippen molar-refractivity contribution in [3.8, 4) is 0 Å². The van der Waals surface area contributed by atoms with E-state index in [9.17, 15) is 0 Å². The summed E-state index contributed by atoms with van der Waals surface area (Å²) in [6.45, 7) is 5.41. The molecule has 25 heavy (non-hydrogen) atoms. The van der Waals surface area contributed by atoms with Crippen molar-refractivity contribution in [1.29, 1.82) is 0 Å². The fourth-order valence-electron chi connectivity index (χ4n) is 3.84. The number of hydrogen-bond acceptors (Lipinski definition) is 2. The van der Waals surface area contributed by atoms with Crippen LogP contribution in [-0.4, -0.2) is 18.0 Å². The number of fused-ring (bicyclic) bond motifs is 1. The maximum atomic E-state index is 3.66. The van der Waals surface area contributed by atoms with Gasteiger partial charge in [-0.15, -0.1) is 0 Å². The Morgan fingerprint density at radius 3 is 2.20 bits per heavy atom. The molecule has 0 atom stereocenters. The average Bonchev–Trinajstić information content (AvgIpc) is 3.16. The second-order valence-corrected chi connectivity index (χ2v) is 6.99. The lowest BCUT2D eigenvalue weighted by molar-refractivity contribution is 0.330. The van der Waals surface area contributed by atoms with Gasteiger partial charge in [-0.2, -0.15) is 0 Å². The third-order valence-electron chi connectivity index (χ3n) is 5.22. The molecule has 1 heterocycles. The fraction of sp³-hybridized carbons (Fsp3) is 0.304. The van der Waals surface area contributed by atoms with E-state index in [2.05, 4.69) is 76.9 Å². The van der Waals surface area contributed by atoms with Crippen LogP contribution in [0.4, 0.5) is 0 Å². The first-order chi connectivity index (χ1) is 12.4. The highest BCUT2D eigenvalue weighted by Crippen LogP contribution is 2.19. The Morgan fingerprint density at radius 1 is 0.680 bits per heavy atom. The van der Waals surface area contributed by atoms with Crippen molar-refractivity contribution in [2.75, 3.05) is 13.1 Å². The van der Waals surface area contributed by atoms with Crippen LogP contribution in [0.1, 0.15) is 29.5 Å². The first-order valence-electron chi connectivity index (χ1n) is 9.37. The highest BCUT2D eigenvalue weighted by Gasteiger charge is 2.13. The molecule has 0 bridgehead atoms. The van der Waals surface area contributed by atoms with Crippen molar-refractivity contribution in [2.45, 2.75) is 32.5 Å². The quantitative estimate of drug-likeness (QED) is 0.703. The van der Waals surface area contributed by atoms with E-state index in [0.717, 1.165) is 19.6 Å². The summed E-state index contributed by atoms with van der Waals surface area (Å²) in [5.74, 6) is 0. The van der Waals surface area contributed by atoms with Crippen LogP contribution >= 0.6 is 0 Å². The molecule has 1 fully saturated rings. The smallest absolute Gasteiger partial charge is 0.0236 e. The van der Waals surface area contributed by atoms with Gasteiger partial charge in [-0.3, -0.25) is 4.90 Å². The number of hydrogen-bond donors (Lipinski definition) is 1. The van der Waals surface area contributed by atoms with E-state index in [1.165, 1.54) is 53.4 Å². The molecular weight excluding hydrogens is 304 g/mol. The van der Waals surface area contributed by atoms with Gasteiger partial charge in [0.15, 0.2) is 0 Å². The zero-order chi connectivity index (χ0) is 16.9.